The fourth-order valence-electron chi connectivity index (χ4n) is 3.17. The maximum Gasteiger partial charge on any atom is 0.573 e. The van der Waals surface area contributed by atoms with Crippen molar-refractivity contribution in [2.75, 3.05) is 0 Å². The molecule has 1 heterocycles. The summed E-state index contributed by atoms with van der Waals surface area (Å²) in [5.74, 6) is -0.294. The number of carbonyl (C=O) groups excluding carboxylic acids is 1. The van der Waals surface area contributed by atoms with Crippen LogP contribution in [0.5, 0.6) is 5.75 Å². The van der Waals surface area contributed by atoms with Crippen LogP contribution in [0, 0.1) is 6.92 Å². The van der Waals surface area contributed by atoms with Crippen LogP contribution in [-0.4, -0.2) is 23.0 Å². The van der Waals surface area contributed by atoms with E-state index in [2.05, 4.69) is 15.0 Å². The van der Waals surface area contributed by atoms with Crippen molar-refractivity contribution in [3.05, 3.63) is 59.8 Å². The van der Waals surface area contributed by atoms with Gasteiger partial charge in [-0.05, 0) is 74.2 Å². The number of pyridine rings is 1. The predicted molar refractivity (Wildman–Crippen MR) is 112 cm³/mol. The second-order valence-corrected chi connectivity index (χ2v) is 8.04. The number of nitrogens with one attached hydrogen (secondary N) is 1. The van der Waals surface area contributed by atoms with Gasteiger partial charge < -0.3 is 14.8 Å². The van der Waals surface area contributed by atoms with E-state index in [1.807, 2.05) is 19.1 Å². The summed E-state index contributed by atoms with van der Waals surface area (Å²) < 4.78 is 46.6. The quantitative estimate of drug-likeness (QED) is 0.539. The van der Waals surface area contributed by atoms with Crippen LogP contribution in [0.25, 0.3) is 22.0 Å². The van der Waals surface area contributed by atoms with E-state index in [1.54, 1.807) is 45.2 Å². The Balaban J connectivity index is 1.96. The number of alkyl halides is 3. The number of aromatic nitrogens is 1. The number of hydrogen-bond donors (Lipinski definition) is 1. The number of alkyl carbamates (subject to hydrolysis) is 1. The molecule has 1 aromatic heterocycles. The fraction of sp³-hybridized carbons (Fsp3) is 0.304. The highest BCUT2D eigenvalue weighted by atomic mass is 19.4. The minimum Gasteiger partial charge on any atom is -0.444 e. The van der Waals surface area contributed by atoms with Crippen LogP contribution in [-0.2, 0) is 11.3 Å². The van der Waals surface area contributed by atoms with E-state index in [4.69, 9.17) is 4.74 Å². The standard InChI is InChI=1S/C23H23F3N2O3/c1-14-16(13-28-21(29)31-22(2,3)4)12-19(18-6-5-11-27-20(14)18)15-7-9-17(10-8-15)30-23(24,25)26/h5-12H,13H2,1-4H3,(H,28,29). The molecule has 2 aromatic carbocycles. The average Bonchev–Trinajstić information content (AvgIpc) is 2.66. The molecule has 0 aliphatic heterocycles. The molecule has 0 aliphatic rings. The summed E-state index contributed by atoms with van der Waals surface area (Å²) in [6.45, 7) is 7.47. The second-order valence-electron chi connectivity index (χ2n) is 8.04. The summed E-state index contributed by atoms with van der Waals surface area (Å²) in [5, 5.41) is 3.59. The zero-order valence-corrected chi connectivity index (χ0v) is 17.6. The maximum absolute atomic E-state index is 12.4. The number of amides is 1. The van der Waals surface area contributed by atoms with Crippen LogP contribution in [0.1, 0.15) is 31.9 Å². The van der Waals surface area contributed by atoms with Crippen molar-refractivity contribution in [2.24, 2.45) is 0 Å². The van der Waals surface area contributed by atoms with E-state index in [0.717, 1.165) is 27.6 Å². The number of fused-ring (bicyclic) bond motifs is 1. The van der Waals surface area contributed by atoms with Gasteiger partial charge in [-0.1, -0.05) is 18.2 Å². The molecule has 0 fully saturated rings. The van der Waals surface area contributed by atoms with Crippen LogP contribution >= 0.6 is 0 Å². The summed E-state index contributed by atoms with van der Waals surface area (Å²) in [4.78, 5) is 16.5. The topological polar surface area (TPSA) is 60.5 Å². The van der Waals surface area contributed by atoms with E-state index in [9.17, 15) is 18.0 Å². The fourth-order valence-corrected chi connectivity index (χ4v) is 3.17. The van der Waals surface area contributed by atoms with Crippen molar-refractivity contribution in [1.82, 2.24) is 10.3 Å². The highest BCUT2D eigenvalue weighted by molar-refractivity contribution is 5.97. The lowest BCUT2D eigenvalue weighted by molar-refractivity contribution is -0.274. The zero-order valence-electron chi connectivity index (χ0n) is 17.6. The van der Waals surface area contributed by atoms with Gasteiger partial charge in [0, 0.05) is 18.1 Å². The van der Waals surface area contributed by atoms with Gasteiger partial charge in [-0.2, -0.15) is 0 Å². The molecule has 3 rings (SSSR count). The monoisotopic (exact) mass is 432 g/mol. The molecule has 3 aromatic rings. The maximum atomic E-state index is 12.4. The number of benzene rings is 2. The minimum atomic E-state index is -4.75. The molecule has 1 N–H and O–H groups in total. The molecule has 0 atom stereocenters. The Hall–Kier alpha value is -3.29. The number of rotatable bonds is 4. The molecule has 5 nitrogen and oxygen atoms in total. The van der Waals surface area contributed by atoms with Crippen molar-refractivity contribution in [3.63, 3.8) is 0 Å². The summed E-state index contributed by atoms with van der Waals surface area (Å²) in [5.41, 5.74) is 3.33. The number of carbonyl (C=O) groups is 1. The summed E-state index contributed by atoms with van der Waals surface area (Å²) in [6, 6.07) is 11.2. The molecule has 0 saturated heterocycles. The van der Waals surface area contributed by atoms with E-state index >= 15 is 0 Å². The van der Waals surface area contributed by atoms with E-state index in [1.165, 1.54) is 12.1 Å². The number of ether oxygens (including phenoxy) is 2. The Labute approximate surface area is 178 Å². The number of hydrogen-bond acceptors (Lipinski definition) is 4. The van der Waals surface area contributed by atoms with Crippen LogP contribution in [0.3, 0.4) is 0 Å². The molecule has 0 bridgehead atoms. The molecule has 0 spiro atoms. The van der Waals surface area contributed by atoms with Crippen LogP contribution in [0.15, 0.2) is 48.7 Å². The van der Waals surface area contributed by atoms with Crippen molar-refractivity contribution in [1.29, 1.82) is 0 Å². The first kappa shape index (κ1) is 22.4. The number of nitrogens with zero attached hydrogens (tertiary/aromatic N) is 1. The van der Waals surface area contributed by atoms with Gasteiger partial charge in [0.25, 0.3) is 0 Å². The van der Waals surface area contributed by atoms with Gasteiger partial charge in [-0.3, -0.25) is 4.98 Å². The van der Waals surface area contributed by atoms with Crippen molar-refractivity contribution in [2.45, 2.75) is 46.2 Å². The van der Waals surface area contributed by atoms with E-state index in [-0.39, 0.29) is 12.3 Å². The SMILES string of the molecule is Cc1c(CNC(=O)OC(C)(C)C)cc(-c2ccc(OC(F)(F)F)cc2)c2cccnc12. The third-order valence-electron chi connectivity index (χ3n) is 4.47. The van der Waals surface area contributed by atoms with E-state index in [0.29, 0.717) is 5.56 Å². The molecule has 0 saturated carbocycles. The van der Waals surface area contributed by atoms with Crippen LogP contribution in [0.2, 0.25) is 0 Å². The predicted octanol–water partition coefficient (Wildman–Crippen LogP) is 6.13. The molecule has 164 valence electrons. The van der Waals surface area contributed by atoms with Crippen LogP contribution < -0.4 is 10.1 Å². The van der Waals surface area contributed by atoms with E-state index < -0.39 is 18.1 Å². The second kappa shape index (κ2) is 8.45. The van der Waals surface area contributed by atoms with Gasteiger partial charge in [-0.15, -0.1) is 13.2 Å². The van der Waals surface area contributed by atoms with Crippen molar-refractivity contribution in [3.8, 4) is 16.9 Å². The molecule has 31 heavy (non-hydrogen) atoms. The highest BCUT2D eigenvalue weighted by Gasteiger charge is 2.31. The molecule has 0 aliphatic carbocycles. The molecule has 1 amide bonds. The highest BCUT2D eigenvalue weighted by Crippen LogP contribution is 2.33. The summed E-state index contributed by atoms with van der Waals surface area (Å²) in [7, 11) is 0. The molecular formula is C23H23F3N2O3. The Bertz CT molecular complexity index is 1090. The third kappa shape index (κ3) is 5.87. The summed E-state index contributed by atoms with van der Waals surface area (Å²) >= 11 is 0. The number of aryl methyl sites for hydroxylation is 1. The van der Waals surface area contributed by atoms with Gasteiger partial charge in [-0.25, -0.2) is 4.79 Å². The van der Waals surface area contributed by atoms with Crippen molar-refractivity contribution >= 4 is 17.0 Å². The smallest absolute Gasteiger partial charge is 0.444 e. The third-order valence-corrected chi connectivity index (χ3v) is 4.47. The first-order valence-corrected chi connectivity index (χ1v) is 9.63. The molecular weight excluding hydrogens is 409 g/mol. The van der Waals surface area contributed by atoms with Gasteiger partial charge in [0.15, 0.2) is 0 Å². The summed E-state index contributed by atoms with van der Waals surface area (Å²) in [6.07, 6.45) is -3.62. The molecule has 8 heteroatoms. The van der Waals surface area contributed by atoms with Gasteiger partial charge in [0.2, 0.25) is 0 Å². The Morgan fingerprint density at radius 3 is 2.39 bits per heavy atom. The van der Waals surface area contributed by atoms with Crippen LogP contribution in [0.4, 0.5) is 18.0 Å². The lowest BCUT2D eigenvalue weighted by atomic mass is 9.94. The minimum absolute atomic E-state index is 0.218. The lowest BCUT2D eigenvalue weighted by Gasteiger charge is -2.20. The van der Waals surface area contributed by atoms with Gasteiger partial charge >= 0.3 is 12.5 Å². The first-order valence-electron chi connectivity index (χ1n) is 9.63. The Kier molecular flexibility index (Phi) is 6.10. The largest absolute Gasteiger partial charge is 0.573 e. The Morgan fingerprint density at radius 1 is 1.10 bits per heavy atom. The molecule has 0 unspecified atom stereocenters. The van der Waals surface area contributed by atoms with Gasteiger partial charge in [0.1, 0.15) is 11.4 Å². The molecule has 0 radical (unpaired) electrons. The van der Waals surface area contributed by atoms with Gasteiger partial charge in [0.05, 0.1) is 5.52 Å². The Morgan fingerprint density at radius 2 is 1.77 bits per heavy atom. The first-order chi connectivity index (χ1) is 14.4. The normalized spacial score (nSPS) is 12.0. The number of halogens is 3. The average molecular weight is 432 g/mol. The van der Waals surface area contributed by atoms with Crippen molar-refractivity contribution < 1.29 is 27.4 Å². The lowest BCUT2D eigenvalue weighted by Crippen LogP contribution is -2.32. The zero-order chi connectivity index (χ0) is 22.8.